The Bertz CT molecular complexity index is 802. The summed E-state index contributed by atoms with van der Waals surface area (Å²) in [4.78, 5) is 36.2. The van der Waals surface area contributed by atoms with Crippen molar-refractivity contribution in [1.82, 2.24) is 5.32 Å². The number of phenols is 1. The molecule has 0 aliphatic carbocycles. The van der Waals surface area contributed by atoms with E-state index in [0.717, 1.165) is 5.56 Å². The molecule has 1 atom stereocenters. The van der Waals surface area contributed by atoms with E-state index in [2.05, 4.69) is 5.32 Å². The van der Waals surface area contributed by atoms with E-state index in [1.165, 1.54) is 19.2 Å². The lowest BCUT2D eigenvalue weighted by Gasteiger charge is -2.16. The molecule has 0 radical (unpaired) electrons. The van der Waals surface area contributed by atoms with Crippen molar-refractivity contribution in [2.75, 3.05) is 7.11 Å². The molecule has 142 valence electrons. The second kappa shape index (κ2) is 9.73. The zero-order chi connectivity index (χ0) is 19.8. The highest BCUT2D eigenvalue weighted by atomic mass is 35.5. The number of methoxy groups -OCH3 is 1. The number of nitrogens with one attached hydrogen (secondary N) is 1. The molecule has 0 saturated carbocycles. The molecule has 1 unspecified atom stereocenters. The summed E-state index contributed by atoms with van der Waals surface area (Å²) in [7, 11) is 1.24. The van der Waals surface area contributed by atoms with Crippen molar-refractivity contribution in [3.8, 4) is 5.75 Å². The van der Waals surface area contributed by atoms with E-state index >= 15 is 0 Å². The van der Waals surface area contributed by atoms with Crippen LogP contribution < -0.4 is 5.32 Å². The first kappa shape index (κ1) is 20.5. The molecule has 27 heavy (non-hydrogen) atoms. The maximum Gasteiger partial charge on any atom is 0.328 e. The summed E-state index contributed by atoms with van der Waals surface area (Å²) in [6.45, 7) is 0. The average molecular weight is 390 g/mol. The second-order valence-electron chi connectivity index (χ2n) is 5.94. The highest BCUT2D eigenvalue weighted by molar-refractivity contribution is 6.30. The third-order valence-electron chi connectivity index (χ3n) is 3.94. The van der Waals surface area contributed by atoms with Crippen LogP contribution in [0.3, 0.4) is 0 Å². The van der Waals surface area contributed by atoms with Crippen LogP contribution in [-0.2, 0) is 20.7 Å². The van der Waals surface area contributed by atoms with Gasteiger partial charge in [0.1, 0.15) is 11.8 Å². The molecule has 2 aromatic rings. The minimum atomic E-state index is -0.877. The van der Waals surface area contributed by atoms with E-state index in [1.54, 1.807) is 36.4 Å². The largest absolute Gasteiger partial charge is 0.508 e. The van der Waals surface area contributed by atoms with Crippen LogP contribution in [0.1, 0.15) is 28.8 Å². The zero-order valence-corrected chi connectivity index (χ0v) is 15.5. The molecule has 1 amide bonds. The van der Waals surface area contributed by atoms with Crippen LogP contribution in [0, 0.1) is 0 Å². The highest BCUT2D eigenvalue weighted by Crippen LogP contribution is 2.13. The summed E-state index contributed by atoms with van der Waals surface area (Å²) in [5.41, 5.74) is 1.22. The molecule has 0 aliphatic heterocycles. The first-order valence-electron chi connectivity index (χ1n) is 8.33. The van der Waals surface area contributed by atoms with E-state index in [-0.39, 0.29) is 30.8 Å². The van der Waals surface area contributed by atoms with Crippen molar-refractivity contribution < 1.29 is 24.2 Å². The predicted molar refractivity (Wildman–Crippen MR) is 101 cm³/mol. The maximum atomic E-state index is 12.2. The van der Waals surface area contributed by atoms with Gasteiger partial charge in [-0.3, -0.25) is 9.59 Å². The summed E-state index contributed by atoms with van der Waals surface area (Å²) in [5.74, 6) is -1.08. The number of carbonyl (C=O) groups is 3. The number of Topliss-reactive ketones (excluding diaryl/α,β-unsaturated/α-hetero) is 1. The summed E-state index contributed by atoms with van der Waals surface area (Å²) in [6.07, 6.45) is 0.176. The summed E-state index contributed by atoms with van der Waals surface area (Å²) in [5, 5.41) is 12.4. The summed E-state index contributed by atoms with van der Waals surface area (Å²) >= 11 is 5.79. The highest BCUT2D eigenvalue weighted by Gasteiger charge is 2.22. The van der Waals surface area contributed by atoms with Crippen molar-refractivity contribution in [3.63, 3.8) is 0 Å². The fourth-order valence-electron chi connectivity index (χ4n) is 2.48. The Morgan fingerprint density at radius 1 is 1.04 bits per heavy atom. The zero-order valence-electron chi connectivity index (χ0n) is 14.8. The first-order valence-corrected chi connectivity index (χ1v) is 8.70. The Kier molecular flexibility index (Phi) is 7.37. The molecule has 0 fully saturated rings. The quantitative estimate of drug-likeness (QED) is 0.535. The Balaban J connectivity index is 1.92. The van der Waals surface area contributed by atoms with Gasteiger partial charge in [0.15, 0.2) is 5.78 Å². The van der Waals surface area contributed by atoms with Gasteiger partial charge in [-0.2, -0.15) is 0 Å². The molecule has 0 heterocycles. The third kappa shape index (κ3) is 6.42. The van der Waals surface area contributed by atoms with Gasteiger partial charge in [-0.15, -0.1) is 0 Å². The molecular weight excluding hydrogens is 370 g/mol. The molecule has 0 bridgehead atoms. The molecule has 0 aromatic heterocycles. The molecule has 2 rings (SSSR count). The van der Waals surface area contributed by atoms with Gasteiger partial charge in [0.2, 0.25) is 5.91 Å². The van der Waals surface area contributed by atoms with Crippen molar-refractivity contribution in [1.29, 1.82) is 0 Å². The van der Waals surface area contributed by atoms with Crippen molar-refractivity contribution >= 4 is 29.3 Å². The molecule has 2 N–H and O–H groups in total. The molecule has 0 saturated heterocycles. The summed E-state index contributed by atoms with van der Waals surface area (Å²) in [6, 6.07) is 11.8. The summed E-state index contributed by atoms with van der Waals surface area (Å²) < 4.78 is 4.73. The number of phenolic OH excluding ortho intramolecular Hbond substituents is 1. The van der Waals surface area contributed by atoms with Crippen LogP contribution in [-0.4, -0.2) is 35.9 Å². The van der Waals surface area contributed by atoms with Crippen LogP contribution in [0.4, 0.5) is 0 Å². The SMILES string of the molecule is COC(=O)C(Cc1ccc(O)cc1)NC(=O)CCC(=O)c1ccc(Cl)cc1. The molecular formula is C20H20ClNO5. The number of hydrogen-bond donors (Lipinski definition) is 2. The number of hydrogen-bond acceptors (Lipinski definition) is 5. The van der Waals surface area contributed by atoms with E-state index in [0.29, 0.717) is 10.6 Å². The van der Waals surface area contributed by atoms with Crippen LogP contribution in [0.15, 0.2) is 48.5 Å². The van der Waals surface area contributed by atoms with Crippen LogP contribution in [0.2, 0.25) is 5.02 Å². The number of ether oxygens (including phenoxy) is 1. The number of rotatable bonds is 8. The van der Waals surface area contributed by atoms with Crippen LogP contribution >= 0.6 is 11.6 Å². The smallest absolute Gasteiger partial charge is 0.328 e. The molecule has 0 spiro atoms. The molecule has 7 heteroatoms. The molecule has 2 aromatic carbocycles. The number of aromatic hydroxyl groups is 1. The van der Waals surface area contributed by atoms with Crippen molar-refractivity contribution in [2.45, 2.75) is 25.3 Å². The lowest BCUT2D eigenvalue weighted by molar-refractivity contribution is -0.145. The van der Waals surface area contributed by atoms with Gasteiger partial charge < -0.3 is 15.2 Å². The maximum absolute atomic E-state index is 12.2. The van der Waals surface area contributed by atoms with Crippen molar-refractivity contribution in [3.05, 3.63) is 64.7 Å². The minimum absolute atomic E-state index is 0.0145. The van der Waals surface area contributed by atoms with E-state index < -0.39 is 17.9 Å². The van der Waals surface area contributed by atoms with E-state index in [4.69, 9.17) is 16.3 Å². The van der Waals surface area contributed by atoms with Gasteiger partial charge in [0, 0.05) is 29.8 Å². The first-order chi connectivity index (χ1) is 12.9. The topological polar surface area (TPSA) is 92.7 Å². The van der Waals surface area contributed by atoms with Gasteiger partial charge in [0.05, 0.1) is 7.11 Å². The number of benzene rings is 2. The minimum Gasteiger partial charge on any atom is -0.508 e. The fraction of sp³-hybridized carbons (Fsp3) is 0.250. The fourth-order valence-corrected chi connectivity index (χ4v) is 2.60. The lowest BCUT2D eigenvalue weighted by Crippen LogP contribution is -2.43. The Morgan fingerprint density at radius 3 is 2.26 bits per heavy atom. The Labute approximate surface area is 162 Å². The number of ketones is 1. The molecule has 6 nitrogen and oxygen atoms in total. The number of halogens is 1. The number of esters is 1. The van der Waals surface area contributed by atoms with Gasteiger partial charge in [-0.1, -0.05) is 23.7 Å². The predicted octanol–water partition coefficient (Wildman–Crippen LogP) is 2.91. The number of amides is 1. The Morgan fingerprint density at radius 2 is 1.67 bits per heavy atom. The third-order valence-corrected chi connectivity index (χ3v) is 4.19. The van der Waals surface area contributed by atoms with Crippen LogP contribution in [0.25, 0.3) is 0 Å². The van der Waals surface area contributed by atoms with Gasteiger partial charge in [-0.05, 0) is 42.0 Å². The van der Waals surface area contributed by atoms with Gasteiger partial charge in [-0.25, -0.2) is 4.79 Å². The van der Waals surface area contributed by atoms with E-state index in [9.17, 15) is 19.5 Å². The van der Waals surface area contributed by atoms with E-state index in [1.807, 2.05) is 0 Å². The second-order valence-corrected chi connectivity index (χ2v) is 6.38. The average Bonchev–Trinajstić information content (AvgIpc) is 2.67. The van der Waals surface area contributed by atoms with Crippen molar-refractivity contribution in [2.24, 2.45) is 0 Å². The number of carbonyl (C=O) groups excluding carboxylic acids is 3. The van der Waals surface area contributed by atoms with Crippen LogP contribution in [0.5, 0.6) is 5.75 Å². The molecule has 0 aliphatic rings. The standard InChI is InChI=1S/C20H20ClNO5/c1-27-20(26)17(12-13-2-8-16(23)9-3-13)22-19(25)11-10-18(24)14-4-6-15(21)7-5-14/h2-9,17,23H,10-12H2,1H3,(H,22,25). The lowest BCUT2D eigenvalue weighted by atomic mass is 10.0. The monoisotopic (exact) mass is 389 g/mol. The normalized spacial score (nSPS) is 11.5. The van der Waals surface area contributed by atoms with Gasteiger partial charge >= 0.3 is 5.97 Å². The Hall–Kier alpha value is -2.86. The van der Waals surface area contributed by atoms with Gasteiger partial charge in [0.25, 0.3) is 0 Å².